The number of aromatic amines is 1. The third-order valence-corrected chi connectivity index (χ3v) is 8.21. The van der Waals surface area contributed by atoms with Gasteiger partial charge in [-0.05, 0) is 62.2 Å². The second-order valence-electron chi connectivity index (χ2n) is 11.0. The van der Waals surface area contributed by atoms with E-state index in [0.29, 0.717) is 40.5 Å². The van der Waals surface area contributed by atoms with Crippen molar-refractivity contribution in [3.8, 4) is 0 Å². The number of carbonyl (C=O) groups excluding carboxylic acids is 1. The molecule has 2 aliphatic heterocycles. The van der Waals surface area contributed by atoms with Crippen LogP contribution in [0.4, 0.5) is 19.0 Å². The number of methoxy groups -OCH3 is 1. The lowest BCUT2D eigenvalue weighted by molar-refractivity contribution is -0.174. The molecule has 2 saturated heterocycles. The number of alkyl halides is 3. The second kappa shape index (κ2) is 11.2. The van der Waals surface area contributed by atoms with Gasteiger partial charge in [-0.2, -0.15) is 13.2 Å². The number of hydrazine groups is 1. The number of rotatable bonds is 9. The molecule has 0 bridgehead atoms. The number of aromatic nitrogens is 3. The zero-order chi connectivity index (χ0) is 29.5. The highest BCUT2D eigenvalue weighted by molar-refractivity contribution is 6.12. The predicted octanol–water partition coefficient (Wildman–Crippen LogP) is 4.94. The van der Waals surface area contributed by atoms with Crippen LogP contribution in [0.2, 0.25) is 0 Å². The number of benzene rings is 2. The van der Waals surface area contributed by atoms with E-state index in [0.717, 1.165) is 41.8 Å². The Morgan fingerprint density at radius 2 is 1.90 bits per heavy atom. The molecular formula is C30H34F3N7O2. The maximum Gasteiger partial charge on any atom is 0.426 e. The van der Waals surface area contributed by atoms with Gasteiger partial charge in [0.25, 0.3) is 0 Å². The largest absolute Gasteiger partial charge is 0.465 e. The van der Waals surface area contributed by atoms with Gasteiger partial charge in [-0.3, -0.25) is 0 Å². The fourth-order valence-corrected chi connectivity index (χ4v) is 5.97. The first kappa shape index (κ1) is 28.4. The number of esters is 1. The number of hydrogen-bond acceptors (Lipinski definition) is 8. The first-order valence-electron chi connectivity index (χ1n) is 14.2. The summed E-state index contributed by atoms with van der Waals surface area (Å²) in [7, 11) is 2.71. The minimum atomic E-state index is -4.48. The molecule has 2 unspecified atom stereocenters. The number of fused-ring (bicyclic) bond motifs is 3. The fourth-order valence-electron chi connectivity index (χ4n) is 5.97. The smallest absolute Gasteiger partial charge is 0.426 e. The van der Waals surface area contributed by atoms with Crippen LogP contribution in [0.3, 0.4) is 0 Å². The Bertz CT molecular complexity index is 1620. The van der Waals surface area contributed by atoms with E-state index >= 15 is 0 Å². The zero-order valence-electron chi connectivity index (χ0n) is 23.6. The molecule has 2 aromatic heterocycles. The summed E-state index contributed by atoms with van der Waals surface area (Å²) >= 11 is 0. The Balaban J connectivity index is 1.31. The van der Waals surface area contributed by atoms with Crippen LogP contribution >= 0.6 is 0 Å². The molecule has 2 aliphatic rings. The average Bonchev–Trinajstić information content (AvgIpc) is 3.55. The lowest BCUT2D eigenvalue weighted by Gasteiger charge is -2.26. The highest BCUT2D eigenvalue weighted by Crippen LogP contribution is 2.48. The van der Waals surface area contributed by atoms with Crippen LogP contribution in [0.1, 0.15) is 53.0 Å². The Morgan fingerprint density at radius 3 is 2.62 bits per heavy atom. The maximum absolute atomic E-state index is 13.9. The quantitative estimate of drug-likeness (QED) is 0.145. The van der Waals surface area contributed by atoms with Crippen LogP contribution in [0.5, 0.6) is 0 Å². The van der Waals surface area contributed by atoms with E-state index in [1.807, 2.05) is 6.07 Å². The number of halogens is 3. The van der Waals surface area contributed by atoms with Gasteiger partial charge in [0.2, 0.25) is 5.66 Å². The van der Waals surface area contributed by atoms with E-state index in [9.17, 15) is 18.0 Å². The molecule has 222 valence electrons. The number of nitrogens with zero attached hydrogens (tertiary/aromatic N) is 4. The second-order valence-corrected chi connectivity index (χ2v) is 11.0. The summed E-state index contributed by atoms with van der Waals surface area (Å²) in [5.41, 5.74) is 2.74. The minimum Gasteiger partial charge on any atom is -0.465 e. The lowest BCUT2D eigenvalue weighted by Crippen LogP contribution is -2.35. The number of ether oxygens (including phenoxy) is 1. The first-order valence-corrected chi connectivity index (χ1v) is 14.2. The average molecular weight is 582 g/mol. The molecule has 0 amide bonds. The van der Waals surface area contributed by atoms with Gasteiger partial charge in [0.05, 0.1) is 18.1 Å². The van der Waals surface area contributed by atoms with Gasteiger partial charge >= 0.3 is 12.1 Å². The highest BCUT2D eigenvalue weighted by atomic mass is 19.4. The Morgan fingerprint density at radius 1 is 1.12 bits per heavy atom. The van der Waals surface area contributed by atoms with Gasteiger partial charge in [-0.25, -0.2) is 25.2 Å². The Hall–Kier alpha value is -3.74. The van der Waals surface area contributed by atoms with Gasteiger partial charge in [-0.15, -0.1) is 0 Å². The van der Waals surface area contributed by atoms with Crippen LogP contribution in [0, 0.1) is 0 Å². The van der Waals surface area contributed by atoms with E-state index in [1.165, 1.54) is 39.5 Å². The van der Waals surface area contributed by atoms with Crippen molar-refractivity contribution in [2.45, 2.75) is 43.9 Å². The first-order chi connectivity index (χ1) is 20.2. The van der Waals surface area contributed by atoms with Gasteiger partial charge in [0.1, 0.15) is 17.3 Å². The van der Waals surface area contributed by atoms with Crippen LogP contribution in [-0.4, -0.2) is 77.3 Å². The number of anilines is 1. The van der Waals surface area contributed by atoms with Crippen LogP contribution in [0.25, 0.3) is 21.9 Å². The molecule has 2 fully saturated rings. The van der Waals surface area contributed by atoms with Crippen LogP contribution in [-0.2, 0) is 16.8 Å². The number of nitrogens with one attached hydrogen (secondary N) is 3. The van der Waals surface area contributed by atoms with Crippen molar-refractivity contribution < 1.29 is 22.7 Å². The van der Waals surface area contributed by atoms with E-state index in [-0.39, 0.29) is 12.0 Å². The molecule has 6 rings (SSSR count). The molecule has 0 radical (unpaired) electrons. The van der Waals surface area contributed by atoms with E-state index in [2.05, 4.69) is 20.6 Å². The van der Waals surface area contributed by atoms with E-state index < -0.39 is 17.8 Å². The molecule has 9 nitrogen and oxygen atoms in total. The number of likely N-dealkylation sites (tertiary alicyclic amines) is 1. The summed E-state index contributed by atoms with van der Waals surface area (Å²) in [5, 5.41) is 6.22. The molecular weight excluding hydrogens is 547 g/mol. The summed E-state index contributed by atoms with van der Waals surface area (Å²) < 4.78 is 46.6. The maximum atomic E-state index is 13.9. The summed E-state index contributed by atoms with van der Waals surface area (Å²) in [6.07, 6.45) is 0.481. The molecule has 4 aromatic rings. The summed E-state index contributed by atoms with van der Waals surface area (Å²) in [6, 6.07) is 11.7. The third-order valence-electron chi connectivity index (χ3n) is 8.21. The summed E-state index contributed by atoms with van der Waals surface area (Å²) in [6.45, 7) is 3.97. The van der Waals surface area contributed by atoms with Gasteiger partial charge in [0.15, 0.2) is 0 Å². The molecule has 0 saturated carbocycles. The van der Waals surface area contributed by atoms with Crippen molar-refractivity contribution in [1.82, 2.24) is 30.3 Å². The molecule has 42 heavy (non-hydrogen) atoms. The molecule has 3 N–H and O–H groups in total. The topological polar surface area (TPSA) is 108 Å². The Labute approximate surface area is 241 Å². The van der Waals surface area contributed by atoms with Crippen LogP contribution < -0.4 is 10.7 Å². The molecule has 0 aliphatic carbocycles. The van der Waals surface area contributed by atoms with Gasteiger partial charge in [-0.1, -0.05) is 36.8 Å². The normalized spacial score (nSPS) is 21.1. The molecule has 2 aromatic carbocycles. The van der Waals surface area contributed by atoms with E-state index in [4.69, 9.17) is 14.7 Å². The zero-order valence-corrected chi connectivity index (χ0v) is 23.6. The van der Waals surface area contributed by atoms with Crippen molar-refractivity contribution in [2.75, 3.05) is 45.7 Å². The molecule has 4 heterocycles. The number of H-pyrrole nitrogens is 1. The standard InChI is InChI=1S/C30H34F3N7O2/c1-39-29(38-39,30(31,32)33)21-9-6-8-19(16-21)17-24-36-26(34-12-7-15-40-13-4-3-5-14-40)25-22-11-10-20(28(41)42-2)18-23(22)35-27(25)37-24/h6,8-11,16,18,38H,3-5,7,12-15,17H2,1-2H3,(H2,34,35,36,37). The van der Waals surface area contributed by atoms with Crippen LogP contribution in [0.15, 0.2) is 42.5 Å². The van der Waals surface area contributed by atoms with Crippen molar-refractivity contribution in [1.29, 1.82) is 0 Å². The van der Waals surface area contributed by atoms with Crippen molar-refractivity contribution >= 4 is 33.7 Å². The molecule has 2 atom stereocenters. The number of hydrogen-bond donors (Lipinski definition) is 3. The number of carbonyl (C=O) groups is 1. The Kier molecular flexibility index (Phi) is 7.54. The summed E-state index contributed by atoms with van der Waals surface area (Å²) in [4.78, 5) is 27.5. The number of piperidine rings is 1. The van der Waals surface area contributed by atoms with Crippen molar-refractivity contribution in [2.24, 2.45) is 0 Å². The predicted molar refractivity (Wildman–Crippen MR) is 154 cm³/mol. The molecule has 12 heteroatoms. The SMILES string of the molecule is COC(=O)c1ccc2c(c1)[nH]c1nc(Cc3cccc(C4(C(F)(F)F)NN4C)c3)nc(NCCCN3CCCCC3)c12. The van der Waals surface area contributed by atoms with Crippen molar-refractivity contribution in [3.05, 3.63) is 65.0 Å². The molecule has 0 spiro atoms. The monoisotopic (exact) mass is 581 g/mol. The fraction of sp³-hybridized carbons (Fsp3) is 0.433. The van der Waals surface area contributed by atoms with Gasteiger partial charge in [0, 0.05) is 30.9 Å². The van der Waals surface area contributed by atoms with Gasteiger partial charge < -0.3 is 19.9 Å². The third kappa shape index (κ3) is 5.30. The van der Waals surface area contributed by atoms with Crippen molar-refractivity contribution in [3.63, 3.8) is 0 Å². The minimum absolute atomic E-state index is 0.119. The van der Waals surface area contributed by atoms with E-state index in [1.54, 1.807) is 30.3 Å². The highest BCUT2D eigenvalue weighted by Gasteiger charge is 2.69. The summed E-state index contributed by atoms with van der Waals surface area (Å²) in [5.74, 6) is 0.680. The lowest BCUT2D eigenvalue weighted by atomic mass is 9.99.